The van der Waals surface area contributed by atoms with Gasteiger partial charge in [-0.15, -0.1) is 11.3 Å². The molecule has 1 aromatic heterocycles. The average molecular weight is 507 g/mol. The smallest absolute Gasteiger partial charge is 0.280 e. The quantitative estimate of drug-likeness (QED) is 0.346. The number of methoxy groups -OCH3 is 1. The standard InChI is InChI=1S/C15H13Br2N3O5S/c1-8(13-5-10(7-26-13)20(22)23)18-19-14(21)6-25-15-11(17)3-9(16)4-12(15)24-2/h3-5,7H,6H2,1-2H3,(H,19,21)/b18-8+. The molecule has 1 aromatic carbocycles. The van der Waals surface area contributed by atoms with Crippen LogP contribution >= 0.6 is 43.2 Å². The fourth-order valence-electron chi connectivity index (χ4n) is 1.81. The Hall–Kier alpha value is -1.98. The van der Waals surface area contributed by atoms with Crippen molar-refractivity contribution < 1.29 is 19.2 Å². The zero-order valence-corrected chi connectivity index (χ0v) is 17.6. The zero-order chi connectivity index (χ0) is 19.3. The maximum Gasteiger partial charge on any atom is 0.280 e. The topological polar surface area (TPSA) is 103 Å². The normalized spacial score (nSPS) is 11.2. The van der Waals surface area contributed by atoms with Crippen LogP contribution in [0.4, 0.5) is 5.69 Å². The Labute approximate surface area is 169 Å². The van der Waals surface area contributed by atoms with Crippen molar-refractivity contribution in [3.05, 3.63) is 47.5 Å². The van der Waals surface area contributed by atoms with E-state index in [9.17, 15) is 14.9 Å². The van der Waals surface area contributed by atoms with Gasteiger partial charge in [0.2, 0.25) is 0 Å². The lowest BCUT2D eigenvalue weighted by molar-refractivity contribution is -0.384. The van der Waals surface area contributed by atoms with Crippen LogP contribution in [0.1, 0.15) is 11.8 Å². The van der Waals surface area contributed by atoms with Gasteiger partial charge in [-0.05, 0) is 35.0 Å². The Kier molecular flexibility index (Phi) is 7.12. The number of carbonyl (C=O) groups is 1. The summed E-state index contributed by atoms with van der Waals surface area (Å²) in [6.07, 6.45) is 0. The number of rotatable bonds is 7. The van der Waals surface area contributed by atoms with Crippen LogP contribution in [0.15, 0.2) is 37.6 Å². The third-order valence-corrected chi connectivity index (χ3v) is 5.12. The lowest BCUT2D eigenvalue weighted by Gasteiger charge is -2.12. The van der Waals surface area contributed by atoms with Gasteiger partial charge in [0.15, 0.2) is 18.1 Å². The van der Waals surface area contributed by atoms with E-state index in [1.807, 2.05) is 0 Å². The molecule has 0 unspecified atom stereocenters. The highest BCUT2D eigenvalue weighted by atomic mass is 79.9. The van der Waals surface area contributed by atoms with Crippen LogP contribution < -0.4 is 14.9 Å². The molecule has 11 heteroatoms. The van der Waals surface area contributed by atoms with E-state index in [1.54, 1.807) is 19.1 Å². The van der Waals surface area contributed by atoms with Gasteiger partial charge in [0.1, 0.15) is 0 Å². The fourth-order valence-corrected chi connectivity index (χ4v) is 3.92. The molecule has 0 saturated carbocycles. The number of nitrogens with zero attached hydrogens (tertiary/aromatic N) is 2. The SMILES string of the molecule is COc1cc(Br)cc(Br)c1OCC(=O)N/N=C(\C)c1cc([N+](=O)[O-])cs1. The zero-order valence-electron chi connectivity index (χ0n) is 13.6. The molecule has 0 spiro atoms. The maximum atomic E-state index is 11.9. The van der Waals surface area contributed by atoms with Crippen molar-refractivity contribution in [3.8, 4) is 11.5 Å². The van der Waals surface area contributed by atoms with Crippen LogP contribution in [0.5, 0.6) is 11.5 Å². The molecule has 0 fully saturated rings. The summed E-state index contributed by atoms with van der Waals surface area (Å²) in [4.78, 5) is 22.7. The summed E-state index contributed by atoms with van der Waals surface area (Å²) in [5.74, 6) is 0.373. The van der Waals surface area contributed by atoms with Crippen molar-refractivity contribution in [2.45, 2.75) is 6.92 Å². The summed E-state index contributed by atoms with van der Waals surface area (Å²) in [7, 11) is 1.50. The molecule has 2 aromatic rings. The lowest BCUT2D eigenvalue weighted by atomic mass is 10.3. The van der Waals surface area contributed by atoms with E-state index in [0.29, 0.717) is 26.6 Å². The highest BCUT2D eigenvalue weighted by Gasteiger charge is 2.14. The lowest BCUT2D eigenvalue weighted by Crippen LogP contribution is -2.25. The number of nitrogens with one attached hydrogen (secondary N) is 1. The number of carbonyl (C=O) groups excluding carboxylic acids is 1. The molecule has 0 bridgehead atoms. The minimum absolute atomic E-state index is 0.0126. The second kappa shape index (κ2) is 9.10. The maximum absolute atomic E-state index is 11.9. The Bertz CT molecular complexity index is 869. The molecular weight excluding hydrogens is 494 g/mol. The summed E-state index contributed by atoms with van der Waals surface area (Å²) in [5.41, 5.74) is 2.80. The van der Waals surface area contributed by atoms with Crippen molar-refractivity contribution in [2.75, 3.05) is 13.7 Å². The molecular formula is C15H13Br2N3O5S. The van der Waals surface area contributed by atoms with E-state index in [4.69, 9.17) is 9.47 Å². The molecule has 26 heavy (non-hydrogen) atoms. The van der Waals surface area contributed by atoms with E-state index in [2.05, 4.69) is 42.4 Å². The van der Waals surface area contributed by atoms with E-state index < -0.39 is 10.8 Å². The molecule has 0 saturated heterocycles. The number of benzene rings is 1. The predicted molar refractivity (Wildman–Crippen MR) is 105 cm³/mol. The second-order valence-corrected chi connectivity index (χ2v) is 7.55. The molecule has 1 amide bonds. The van der Waals surface area contributed by atoms with Gasteiger partial charge in [-0.3, -0.25) is 14.9 Å². The van der Waals surface area contributed by atoms with Crippen LogP contribution in [0, 0.1) is 10.1 Å². The van der Waals surface area contributed by atoms with E-state index in [0.717, 1.165) is 4.47 Å². The summed E-state index contributed by atoms with van der Waals surface area (Å²) in [6, 6.07) is 4.88. The van der Waals surface area contributed by atoms with Crippen molar-refractivity contribution in [1.29, 1.82) is 0 Å². The van der Waals surface area contributed by atoms with Crippen molar-refractivity contribution in [2.24, 2.45) is 5.10 Å². The highest BCUT2D eigenvalue weighted by molar-refractivity contribution is 9.11. The number of hydrogen-bond donors (Lipinski definition) is 1. The van der Waals surface area contributed by atoms with Gasteiger partial charge in [-0.2, -0.15) is 5.10 Å². The van der Waals surface area contributed by atoms with Crippen LogP contribution in [0.2, 0.25) is 0 Å². The second-order valence-electron chi connectivity index (χ2n) is 4.87. The Balaban J connectivity index is 1.97. The van der Waals surface area contributed by atoms with Crippen molar-refractivity contribution in [3.63, 3.8) is 0 Å². The Morgan fingerprint density at radius 2 is 2.12 bits per heavy atom. The molecule has 1 heterocycles. The number of halogens is 2. The van der Waals surface area contributed by atoms with Crippen LogP contribution in [-0.4, -0.2) is 30.3 Å². The van der Waals surface area contributed by atoms with Crippen LogP contribution in [0.3, 0.4) is 0 Å². The molecule has 0 aliphatic rings. The molecule has 0 aliphatic carbocycles. The molecule has 8 nitrogen and oxygen atoms in total. The van der Waals surface area contributed by atoms with Crippen molar-refractivity contribution in [1.82, 2.24) is 5.43 Å². The first-order chi connectivity index (χ1) is 12.3. The van der Waals surface area contributed by atoms with E-state index in [-0.39, 0.29) is 12.3 Å². The molecule has 0 atom stereocenters. The number of hydrazone groups is 1. The van der Waals surface area contributed by atoms with E-state index >= 15 is 0 Å². The fraction of sp³-hybridized carbons (Fsp3) is 0.200. The summed E-state index contributed by atoms with van der Waals surface area (Å²) in [6.45, 7) is 1.36. The summed E-state index contributed by atoms with van der Waals surface area (Å²) < 4.78 is 12.1. The first-order valence-electron chi connectivity index (χ1n) is 7.04. The van der Waals surface area contributed by atoms with Crippen LogP contribution in [-0.2, 0) is 4.79 Å². The molecule has 0 aliphatic heterocycles. The van der Waals surface area contributed by atoms with Crippen molar-refractivity contribution >= 4 is 60.5 Å². The molecule has 2 rings (SSSR count). The van der Waals surface area contributed by atoms with E-state index in [1.165, 1.54) is 29.9 Å². The monoisotopic (exact) mass is 505 g/mol. The number of thiophene rings is 1. The highest BCUT2D eigenvalue weighted by Crippen LogP contribution is 2.38. The Morgan fingerprint density at radius 3 is 2.73 bits per heavy atom. The third kappa shape index (κ3) is 5.26. The first-order valence-corrected chi connectivity index (χ1v) is 9.50. The molecule has 138 valence electrons. The van der Waals surface area contributed by atoms with Gasteiger partial charge in [0, 0.05) is 10.5 Å². The number of amides is 1. The van der Waals surface area contributed by atoms with Gasteiger partial charge in [-0.25, -0.2) is 5.43 Å². The molecule has 0 radical (unpaired) electrons. The van der Waals surface area contributed by atoms with Gasteiger partial charge < -0.3 is 9.47 Å². The average Bonchev–Trinajstić information content (AvgIpc) is 3.08. The summed E-state index contributed by atoms with van der Waals surface area (Å²) in [5, 5.41) is 16.0. The van der Waals surface area contributed by atoms with Gasteiger partial charge >= 0.3 is 0 Å². The number of nitro groups is 1. The van der Waals surface area contributed by atoms with Gasteiger partial charge in [0.25, 0.3) is 11.6 Å². The molecule has 1 N–H and O–H groups in total. The number of hydrogen-bond acceptors (Lipinski definition) is 7. The first kappa shape index (κ1) is 20.3. The van der Waals surface area contributed by atoms with Gasteiger partial charge in [0.05, 0.1) is 32.5 Å². The summed E-state index contributed by atoms with van der Waals surface area (Å²) >= 11 is 7.86. The predicted octanol–water partition coefficient (Wildman–Crippen LogP) is 4.11. The minimum atomic E-state index is -0.483. The van der Waals surface area contributed by atoms with Crippen LogP contribution in [0.25, 0.3) is 0 Å². The number of ether oxygens (including phenoxy) is 2. The van der Waals surface area contributed by atoms with Gasteiger partial charge in [-0.1, -0.05) is 15.9 Å². The Morgan fingerprint density at radius 1 is 1.38 bits per heavy atom. The largest absolute Gasteiger partial charge is 0.493 e. The third-order valence-electron chi connectivity index (χ3n) is 3.04. The minimum Gasteiger partial charge on any atom is -0.493 e.